The van der Waals surface area contributed by atoms with E-state index in [9.17, 15) is 14.3 Å². The van der Waals surface area contributed by atoms with Gasteiger partial charge in [-0.25, -0.2) is 4.39 Å². The summed E-state index contributed by atoms with van der Waals surface area (Å²) in [5.41, 5.74) is 1.04. The molecule has 1 aliphatic heterocycles. The third kappa shape index (κ3) is 3.04. The number of amides is 1. The number of para-hydroxylation sites is 1. The van der Waals surface area contributed by atoms with Crippen LogP contribution >= 0.6 is 0 Å². The summed E-state index contributed by atoms with van der Waals surface area (Å²) in [6.07, 6.45) is 0.0678. The smallest absolute Gasteiger partial charge is 0.217 e. The molecule has 1 fully saturated rings. The quantitative estimate of drug-likeness (QED) is 0.873. The molecule has 1 amide bonds. The maximum atomic E-state index is 14.0. The minimum absolute atomic E-state index is 0.0407. The largest absolute Gasteiger partial charge is 0.389 e. The van der Waals surface area contributed by atoms with Gasteiger partial charge in [0.25, 0.3) is 0 Å². The van der Waals surface area contributed by atoms with Crippen LogP contribution in [0.2, 0.25) is 0 Å². The SMILES string of the molecule is CC(=O)NC1CCN(c2c(F)cccc2[C@@H](C)O)C1. The second kappa shape index (κ2) is 5.57. The molecule has 104 valence electrons. The number of hydrogen-bond donors (Lipinski definition) is 2. The molecule has 2 rings (SSSR count). The summed E-state index contributed by atoms with van der Waals surface area (Å²) in [4.78, 5) is 12.9. The molecule has 1 heterocycles. The molecular weight excluding hydrogens is 247 g/mol. The molecular formula is C14H19FN2O2. The Morgan fingerprint density at radius 1 is 1.58 bits per heavy atom. The zero-order chi connectivity index (χ0) is 14.0. The lowest BCUT2D eigenvalue weighted by atomic mass is 10.1. The highest BCUT2D eigenvalue weighted by Crippen LogP contribution is 2.31. The van der Waals surface area contributed by atoms with Gasteiger partial charge in [-0.05, 0) is 19.4 Å². The van der Waals surface area contributed by atoms with Crippen LogP contribution in [0.5, 0.6) is 0 Å². The zero-order valence-electron chi connectivity index (χ0n) is 11.2. The van der Waals surface area contributed by atoms with Crippen molar-refractivity contribution in [1.82, 2.24) is 5.32 Å². The molecule has 4 nitrogen and oxygen atoms in total. The third-order valence-electron chi connectivity index (χ3n) is 3.38. The van der Waals surface area contributed by atoms with Gasteiger partial charge in [0.05, 0.1) is 11.8 Å². The molecule has 0 spiro atoms. The number of nitrogens with one attached hydrogen (secondary N) is 1. The summed E-state index contributed by atoms with van der Waals surface area (Å²) in [6, 6.07) is 4.77. The van der Waals surface area contributed by atoms with E-state index in [1.807, 2.05) is 4.90 Å². The molecule has 2 N–H and O–H groups in total. The van der Waals surface area contributed by atoms with Crippen LogP contribution in [0.15, 0.2) is 18.2 Å². The Morgan fingerprint density at radius 2 is 2.32 bits per heavy atom. The molecule has 2 atom stereocenters. The number of benzene rings is 1. The molecule has 1 saturated heterocycles. The van der Waals surface area contributed by atoms with Crippen molar-refractivity contribution in [1.29, 1.82) is 0 Å². The fraction of sp³-hybridized carbons (Fsp3) is 0.500. The monoisotopic (exact) mass is 266 g/mol. The van der Waals surface area contributed by atoms with Gasteiger partial charge in [-0.3, -0.25) is 4.79 Å². The van der Waals surface area contributed by atoms with Crippen LogP contribution in [-0.4, -0.2) is 30.1 Å². The normalized spacial score (nSPS) is 20.4. The molecule has 5 heteroatoms. The number of aliphatic hydroxyl groups is 1. The van der Waals surface area contributed by atoms with Crippen molar-refractivity contribution in [3.8, 4) is 0 Å². The van der Waals surface area contributed by atoms with Crippen molar-refractivity contribution in [3.63, 3.8) is 0 Å². The highest BCUT2D eigenvalue weighted by atomic mass is 19.1. The van der Waals surface area contributed by atoms with Crippen molar-refractivity contribution in [3.05, 3.63) is 29.6 Å². The minimum atomic E-state index is -0.717. The van der Waals surface area contributed by atoms with Crippen LogP contribution in [0.25, 0.3) is 0 Å². The Bertz CT molecular complexity index is 477. The lowest BCUT2D eigenvalue weighted by Crippen LogP contribution is -2.36. The Hall–Kier alpha value is -1.62. The first kappa shape index (κ1) is 13.8. The van der Waals surface area contributed by atoms with Gasteiger partial charge < -0.3 is 15.3 Å². The Kier molecular flexibility index (Phi) is 4.04. The fourth-order valence-corrected chi connectivity index (χ4v) is 2.57. The highest BCUT2D eigenvalue weighted by molar-refractivity contribution is 5.73. The number of halogens is 1. The van der Waals surface area contributed by atoms with Crippen molar-refractivity contribution in [2.75, 3.05) is 18.0 Å². The Labute approximate surface area is 112 Å². The summed E-state index contributed by atoms with van der Waals surface area (Å²) >= 11 is 0. The van der Waals surface area contributed by atoms with Gasteiger partial charge in [0.1, 0.15) is 5.82 Å². The van der Waals surface area contributed by atoms with Gasteiger partial charge in [0, 0.05) is 31.6 Å². The number of aliphatic hydroxyl groups excluding tert-OH is 1. The average molecular weight is 266 g/mol. The van der Waals surface area contributed by atoms with E-state index in [0.29, 0.717) is 24.3 Å². The lowest BCUT2D eigenvalue weighted by molar-refractivity contribution is -0.119. The molecule has 1 aromatic carbocycles. The summed E-state index contributed by atoms with van der Waals surface area (Å²) in [5, 5.41) is 12.6. The fourth-order valence-electron chi connectivity index (χ4n) is 2.57. The Morgan fingerprint density at radius 3 is 2.95 bits per heavy atom. The molecule has 0 aromatic heterocycles. The summed E-state index contributed by atoms with van der Waals surface area (Å²) < 4.78 is 14.0. The van der Waals surface area contributed by atoms with Crippen LogP contribution in [0.4, 0.5) is 10.1 Å². The maximum absolute atomic E-state index is 14.0. The minimum Gasteiger partial charge on any atom is -0.389 e. The number of hydrogen-bond acceptors (Lipinski definition) is 3. The zero-order valence-corrected chi connectivity index (χ0v) is 11.2. The van der Waals surface area contributed by atoms with E-state index in [4.69, 9.17) is 0 Å². The molecule has 0 aliphatic carbocycles. The lowest BCUT2D eigenvalue weighted by Gasteiger charge is -2.24. The number of nitrogens with zero attached hydrogens (tertiary/aromatic N) is 1. The molecule has 1 aromatic rings. The van der Waals surface area contributed by atoms with Gasteiger partial charge in [-0.2, -0.15) is 0 Å². The number of rotatable bonds is 3. The molecule has 0 bridgehead atoms. The van der Waals surface area contributed by atoms with Gasteiger partial charge in [-0.1, -0.05) is 12.1 Å². The van der Waals surface area contributed by atoms with E-state index in [0.717, 1.165) is 6.42 Å². The van der Waals surface area contributed by atoms with E-state index in [-0.39, 0.29) is 17.8 Å². The van der Waals surface area contributed by atoms with Crippen molar-refractivity contribution in [2.45, 2.75) is 32.4 Å². The van der Waals surface area contributed by atoms with E-state index in [1.165, 1.54) is 13.0 Å². The molecule has 19 heavy (non-hydrogen) atoms. The predicted octanol–water partition coefficient (Wildman–Crippen LogP) is 1.59. The predicted molar refractivity (Wildman–Crippen MR) is 71.5 cm³/mol. The molecule has 1 aliphatic rings. The number of carbonyl (C=O) groups excluding carboxylic acids is 1. The van der Waals surface area contributed by atoms with Gasteiger partial charge in [-0.15, -0.1) is 0 Å². The highest BCUT2D eigenvalue weighted by Gasteiger charge is 2.27. The van der Waals surface area contributed by atoms with E-state index in [1.54, 1.807) is 19.1 Å². The average Bonchev–Trinajstić information content (AvgIpc) is 2.75. The van der Waals surface area contributed by atoms with Crippen molar-refractivity contribution in [2.24, 2.45) is 0 Å². The van der Waals surface area contributed by atoms with Crippen LogP contribution in [0.1, 0.15) is 31.9 Å². The van der Waals surface area contributed by atoms with Crippen LogP contribution in [0.3, 0.4) is 0 Å². The number of carbonyl (C=O) groups is 1. The van der Waals surface area contributed by atoms with Gasteiger partial charge >= 0.3 is 0 Å². The second-order valence-corrected chi connectivity index (χ2v) is 4.99. The van der Waals surface area contributed by atoms with Crippen molar-refractivity contribution >= 4 is 11.6 Å². The second-order valence-electron chi connectivity index (χ2n) is 4.99. The number of anilines is 1. The van der Waals surface area contributed by atoms with Gasteiger partial charge in [0.15, 0.2) is 0 Å². The van der Waals surface area contributed by atoms with Gasteiger partial charge in [0.2, 0.25) is 5.91 Å². The Balaban J connectivity index is 2.21. The van der Waals surface area contributed by atoms with E-state index >= 15 is 0 Å². The molecule has 0 radical (unpaired) electrons. The van der Waals surface area contributed by atoms with Crippen LogP contribution < -0.4 is 10.2 Å². The maximum Gasteiger partial charge on any atom is 0.217 e. The van der Waals surface area contributed by atoms with E-state index < -0.39 is 6.10 Å². The summed E-state index contributed by atoms with van der Waals surface area (Å²) in [6.45, 7) is 4.35. The third-order valence-corrected chi connectivity index (χ3v) is 3.38. The van der Waals surface area contributed by atoms with E-state index in [2.05, 4.69) is 5.32 Å². The molecule has 0 saturated carbocycles. The van der Waals surface area contributed by atoms with Crippen LogP contribution in [-0.2, 0) is 4.79 Å². The topological polar surface area (TPSA) is 52.6 Å². The first-order valence-electron chi connectivity index (χ1n) is 6.47. The first-order valence-corrected chi connectivity index (χ1v) is 6.47. The molecule has 1 unspecified atom stereocenters. The van der Waals surface area contributed by atoms with Crippen molar-refractivity contribution < 1.29 is 14.3 Å². The van der Waals surface area contributed by atoms with Crippen LogP contribution in [0, 0.1) is 5.82 Å². The standard InChI is InChI=1S/C14H19FN2O2/c1-9(18)12-4-3-5-13(15)14(12)17-7-6-11(8-17)16-10(2)19/h3-5,9,11,18H,6-8H2,1-2H3,(H,16,19)/t9-,11?/m1/s1. The summed E-state index contributed by atoms with van der Waals surface area (Å²) in [7, 11) is 0. The first-order chi connectivity index (χ1) is 8.99. The summed E-state index contributed by atoms with van der Waals surface area (Å²) in [5.74, 6) is -0.405.